The van der Waals surface area contributed by atoms with Crippen LogP contribution in [0.15, 0.2) is 42.5 Å². The summed E-state index contributed by atoms with van der Waals surface area (Å²) < 4.78 is 50.1. The first-order chi connectivity index (χ1) is 13.6. The fraction of sp³-hybridized carbons (Fsp3) is 0.300. The van der Waals surface area contributed by atoms with Crippen molar-refractivity contribution in [2.24, 2.45) is 0 Å². The summed E-state index contributed by atoms with van der Waals surface area (Å²) in [6, 6.07) is 8.22. The number of halogens is 3. The van der Waals surface area contributed by atoms with Gasteiger partial charge in [-0.15, -0.1) is 0 Å². The number of esters is 1. The second-order valence-electron chi connectivity index (χ2n) is 7.11. The second kappa shape index (κ2) is 6.40. The van der Waals surface area contributed by atoms with Crippen LogP contribution in [0.3, 0.4) is 0 Å². The lowest BCUT2D eigenvalue weighted by atomic mass is 9.89. The van der Waals surface area contributed by atoms with Crippen molar-refractivity contribution in [3.8, 4) is 5.75 Å². The van der Waals surface area contributed by atoms with Gasteiger partial charge in [-0.1, -0.05) is 6.07 Å². The van der Waals surface area contributed by atoms with Gasteiger partial charge in [-0.05, 0) is 43.3 Å². The first kappa shape index (κ1) is 19.1. The van der Waals surface area contributed by atoms with Crippen LogP contribution < -0.4 is 15.0 Å². The molecule has 9 heteroatoms. The van der Waals surface area contributed by atoms with Crippen LogP contribution in [0.5, 0.6) is 5.75 Å². The Kier molecular flexibility index (Phi) is 4.21. The first-order valence-corrected chi connectivity index (χ1v) is 8.82. The number of nitrogens with one attached hydrogen (secondary N) is 1. The number of hydrogen-bond acceptors (Lipinski definition) is 4. The van der Waals surface area contributed by atoms with Gasteiger partial charge >= 0.3 is 18.2 Å². The van der Waals surface area contributed by atoms with Gasteiger partial charge in [-0.25, -0.2) is 9.59 Å². The van der Waals surface area contributed by atoms with Crippen LogP contribution >= 0.6 is 0 Å². The minimum absolute atomic E-state index is 0.0768. The van der Waals surface area contributed by atoms with Gasteiger partial charge in [0, 0.05) is 12.0 Å². The highest BCUT2D eigenvalue weighted by Crippen LogP contribution is 2.46. The van der Waals surface area contributed by atoms with Crippen molar-refractivity contribution in [3.63, 3.8) is 0 Å². The van der Waals surface area contributed by atoms with Gasteiger partial charge in [0.15, 0.2) is 5.72 Å². The molecule has 4 rings (SSSR count). The van der Waals surface area contributed by atoms with Crippen molar-refractivity contribution in [2.75, 3.05) is 12.0 Å². The molecule has 6 nitrogen and oxygen atoms in total. The molecule has 1 saturated heterocycles. The molecular formula is C20H17F3N2O4. The van der Waals surface area contributed by atoms with Crippen LogP contribution in [0.2, 0.25) is 0 Å². The molecule has 2 aliphatic rings. The Morgan fingerprint density at radius 2 is 2.03 bits per heavy atom. The summed E-state index contributed by atoms with van der Waals surface area (Å²) in [6.45, 7) is 1.65. The molecule has 2 aromatic rings. The van der Waals surface area contributed by atoms with Gasteiger partial charge in [0.2, 0.25) is 0 Å². The summed E-state index contributed by atoms with van der Waals surface area (Å²) in [5.74, 6) is -0.0813. The number of benzene rings is 2. The predicted octanol–water partition coefficient (Wildman–Crippen LogP) is 4.26. The average molecular weight is 406 g/mol. The normalized spacial score (nSPS) is 23.0. The fourth-order valence-corrected chi connectivity index (χ4v) is 3.83. The van der Waals surface area contributed by atoms with E-state index in [0.717, 1.165) is 12.1 Å². The molecule has 0 saturated carbocycles. The van der Waals surface area contributed by atoms with Crippen molar-refractivity contribution in [1.82, 2.24) is 5.32 Å². The highest BCUT2D eigenvalue weighted by Gasteiger charge is 2.50. The van der Waals surface area contributed by atoms with Crippen LogP contribution in [0.25, 0.3) is 0 Å². The lowest BCUT2D eigenvalue weighted by molar-refractivity contribution is -0.137. The minimum Gasteiger partial charge on any atom is -0.467 e. The molecule has 29 heavy (non-hydrogen) atoms. The van der Waals surface area contributed by atoms with Crippen LogP contribution in [-0.4, -0.2) is 24.8 Å². The molecule has 0 radical (unpaired) electrons. The quantitative estimate of drug-likeness (QED) is 0.757. The number of rotatable bonds is 2. The summed E-state index contributed by atoms with van der Waals surface area (Å²) >= 11 is 0. The summed E-state index contributed by atoms with van der Waals surface area (Å²) in [5, 5.41) is 2.79. The molecule has 2 aliphatic heterocycles. The third-order valence-corrected chi connectivity index (χ3v) is 5.12. The maximum Gasteiger partial charge on any atom is 0.416 e. The van der Waals surface area contributed by atoms with Gasteiger partial charge in [0.05, 0.1) is 30.0 Å². The Balaban J connectivity index is 1.74. The number of anilines is 1. The molecular weight excluding hydrogens is 389 g/mol. The molecule has 1 N–H and O–H groups in total. The number of hydrogen-bond donors (Lipinski definition) is 1. The van der Waals surface area contributed by atoms with E-state index in [0.29, 0.717) is 16.9 Å². The lowest BCUT2D eigenvalue weighted by Crippen LogP contribution is -2.65. The number of urea groups is 1. The van der Waals surface area contributed by atoms with Crippen LogP contribution in [-0.2, 0) is 10.9 Å². The van der Waals surface area contributed by atoms with Crippen LogP contribution in [0.1, 0.15) is 40.9 Å². The van der Waals surface area contributed by atoms with E-state index in [9.17, 15) is 22.8 Å². The van der Waals surface area contributed by atoms with Crippen molar-refractivity contribution in [3.05, 3.63) is 59.2 Å². The number of fused-ring (bicyclic) bond motifs is 4. The monoisotopic (exact) mass is 406 g/mol. The maximum atomic E-state index is 13.1. The van der Waals surface area contributed by atoms with Gasteiger partial charge < -0.3 is 14.8 Å². The number of alkyl halides is 3. The van der Waals surface area contributed by atoms with E-state index in [1.807, 2.05) is 0 Å². The zero-order valence-corrected chi connectivity index (χ0v) is 15.5. The highest BCUT2D eigenvalue weighted by atomic mass is 19.4. The van der Waals surface area contributed by atoms with Gasteiger partial charge in [0.25, 0.3) is 0 Å². The van der Waals surface area contributed by atoms with Crippen LogP contribution in [0, 0.1) is 0 Å². The van der Waals surface area contributed by atoms with Crippen molar-refractivity contribution in [1.29, 1.82) is 0 Å². The Bertz CT molecular complexity index is 1010. The third-order valence-electron chi connectivity index (χ3n) is 5.12. The number of amides is 2. The van der Waals surface area contributed by atoms with E-state index in [-0.39, 0.29) is 12.1 Å². The minimum atomic E-state index is -4.53. The molecule has 2 atom stereocenters. The Morgan fingerprint density at radius 1 is 1.28 bits per heavy atom. The maximum absolute atomic E-state index is 13.1. The van der Waals surface area contributed by atoms with Crippen molar-refractivity contribution >= 4 is 17.7 Å². The average Bonchev–Trinajstić information content (AvgIpc) is 2.66. The Hall–Kier alpha value is -3.23. The summed E-state index contributed by atoms with van der Waals surface area (Å²) in [7, 11) is 1.27. The molecule has 0 spiro atoms. The standard InChI is InChI=1S/C20H17F3N2O4/c1-19-10-15(14-8-11(17(26)28-2)6-7-16(14)29-19)24-18(27)25(19)13-5-3-4-12(9-13)20(21,22)23/h3-9,15H,10H2,1-2H3,(H,24,27). The largest absolute Gasteiger partial charge is 0.467 e. The van der Waals surface area contributed by atoms with E-state index < -0.39 is 35.5 Å². The van der Waals surface area contributed by atoms with E-state index in [2.05, 4.69) is 5.32 Å². The van der Waals surface area contributed by atoms with Crippen LogP contribution in [0.4, 0.5) is 23.7 Å². The van der Waals surface area contributed by atoms with Gasteiger partial charge in [0.1, 0.15) is 5.75 Å². The second-order valence-corrected chi connectivity index (χ2v) is 7.11. The molecule has 2 heterocycles. The summed E-state index contributed by atoms with van der Waals surface area (Å²) in [5.41, 5.74) is -1.05. The SMILES string of the molecule is COC(=O)c1ccc2c(c1)C1CC(C)(O2)N(c2cccc(C(F)(F)F)c2)C(=O)N1. The first-order valence-electron chi connectivity index (χ1n) is 8.82. The Labute approximate surface area is 164 Å². The predicted molar refractivity (Wildman–Crippen MR) is 96.6 cm³/mol. The summed E-state index contributed by atoms with van der Waals surface area (Å²) in [4.78, 5) is 25.8. The van der Waals surface area contributed by atoms with Gasteiger partial charge in [-0.2, -0.15) is 13.2 Å². The topological polar surface area (TPSA) is 67.9 Å². The zero-order chi connectivity index (χ0) is 21.0. The number of ether oxygens (including phenoxy) is 2. The van der Waals surface area contributed by atoms with E-state index in [4.69, 9.17) is 9.47 Å². The molecule has 0 aromatic heterocycles. The van der Waals surface area contributed by atoms with E-state index in [1.54, 1.807) is 19.1 Å². The molecule has 2 aromatic carbocycles. The van der Waals surface area contributed by atoms with E-state index in [1.165, 1.54) is 30.2 Å². The van der Waals surface area contributed by atoms with Crippen molar-refractivity contribution < 1.29 is 32.2 Å². The van der Waals surface area contributed by atoms with Crippen molar-refractivity contribution in [2.45, 2.75) is 31.3 Å². The smallest absolute Gasteiger partial charge is 0.416 e. The zero-order valence-electron chi connectivity index (χ0n) is 15.5. The fourth-order valence-electron chi connectivity index (χ4n) is 3.83. The summed E-state index contributed by atoms with van der Waals surface area (Å²) in [6.07, 6.45) is -4.25. The molecule has 2 bridgehead atoms. The number of nitrogens with zero attached hydrogens (tertiary/aromatic N) is 1. The molecule has 2 unspecified atom stereocenters. The molecule has 1 fully saturated rings. The molecule has 0 aliphatic carbocycles. The van der Waals surface area contributed by atoms with E-state index >= 15 is 0 Å². The third kappa shape index (κ3) is 3.16. The lowest BCUT2D eigenvalue weighted by Gasteiger charge is -2.50. The highest BCUT2D eigenvalue weighted by molar-refractivity contribution is 5.95. The van der Waals surface area contributed by atoms with Gasteiger partial charge in [-0.3, -0.25) is 4.90 Å². The molecule has 2 amide bonds. The number of carbonyl (C=O) groups is 2. The molecule has 152 valence electrons. The number of carbonyl (C=O) groups excluding carboxylic acids is 2. The number of methoxy groups -OCH3 is 1. The Morgan fingerprint density at radius 3 is 2.72 bits per heavy atom.